The largest absolute Gasteiger partial charge is 0.324 e. The van der Waals surface area contributed by atoms with Crippen LogP contribution in [0.1, 0.15) is 13.8 Å². The highest BCUT2D eigenvalue weighted by Gasteiger charge is 2.35. The Kier molecular flexibility index (Phi) is 3.66. The van der Waals surface area contributed by atoms with Gasteiger partial charge in [0.2, 0.25) is 5.91 Å². The van der Waals surface area contributed by atoms with Gasteiger partial charge in [0, 0.05) is 0 Å². The molecule has 1 unspecified atom stereocenters. The first-order valence-corrected chi connectivity index (χ1v) is 5.82. The maximum Gasteiger partial charge on any atom is 0.232 e. The van der Waals surface area contributed by atoms with Crippen molar-refractivity contribution in [1.82, 2.24) is 0 Å². The highest BCUT2D eigenvalue weighted by Crippen LogP contribution is 2.26. The lowest BCUT2D eigenvalue weighted by molar-refractivity contribution is -0.385. The molecule has 92 valence electrons. The van der Waals surface area contributed by atoms with Crippen LogP contribution in [0.4, 0.5) is 5.69 Å². The second-order valence-electron chi connectivity index (χ2n) is 3.97. The van der Waals surface area contributed by atoms with Crippen LogP contribution in [0, 0.1) is 5.92 Å². The summed E-state index contributed by atoms with van der Waals surface area (Å²) in [6.45, 7) is 3.54. The number of rotatable bonds is 3. The first-order valence-electron chi connectivity index (χ1n) is 5.44. The standard InChI is InChI=1S/C12H14ClNO3/c1-7(12-16-8(2)17-12)11(15)14-10-6-4-3-5-9(10)13/h3-8,12H,1-2H3,(H,14,15). The van der Waals surface area contributed by atoms with Crippen molar-refractivity contribution in [1.29, 1.82) is 0 Å². The molecule has 0 radical (unpaired) electrons. The van der Waals surface area contributed by atoms with E-state index in [1.807, 2.05) is 6.07 Å². The molecule has 1 amide bonds. The molecule has 0 bridgehead atoms. The van der Waals surface area contributed by atoms with Gasteiger partial charge in [-0.25, -0.2) is 0 Å². The Labute approximate surface area is 105 Å². The molecule has 17 heavy (non-hydrogen) atoms. The van der Waals surface area contributed by atoms with E-state index in [1.165, 1.54) is 0 Å². The number of ether oxygens (including phenoxy) is 2. The Morgan fingerprint density at radius 2 is 2.06 bits per heavy atom. The molecule has 5 heteroatoms. The van der Waals surface area contributed by atoms with Gasteiger partial charge in [-0.3, -0.25) is 4.79 Å². The maximum absolute atomic E-state index is 11.9. The molecule has 1 atom stereocenters. The zero-order valence-electron chi connectivity index (χ0n) is 9.64. The summed E-state index contributed by atoms with van der Waals surface area (Å²) in [5, 5.41) is 3.25. The molecular formula is C12H14ClNO3. The molecule has 4 nitrogen and oxygen atoms in total. The maximum atomic E-state index is 11.9. The number of nitrogens with one attached hydrogen (secondary N) is 1. The highest BCUT2D eigenvalue weighted by molar-refractivity contribution is 6.33. The van der Waals surface area contributed by atoms with Gasteiger partial charge in [-0.2, -0.15) is 0 Å². The number of anilines is 1. The highest BCUT2D eigenvalue weighted by atomic mass is 35.5. The second-order valence-corrected chi connectivity index (χ2v) is 4.37. The molecule has 2 rings (SSSR count). The van der Waals surface area contributed by atoms with Crippen molar-refractivity contribution in [3.63, 3.8) is 0 Å². The minimum Gasteiger partial charge on any atom is -0.324 e. The molecular weight excluding hydrogens is 242 g/mol. The summed E-state index contributed by atoms with van der Waals surface area (Å²) in [5.74, 6) is -0.544. The topological polar surface area (TPSA) is 47.6 Å². The van der Waals surface area contributed by atoms with E-state index in [2.05, 4.69) is 5.32 Å². The van der Waals surface area contributed by atoms with Crippen molar-refractivity contribution >= 4 is 23.2 Å². The van der Waals surface area contributed by atoms with Crippen LogP contribution in [0.25, 0.3) is 0 Å². The van der Waals surface area contributed by atoms with Gasteiger partial charge in [-0.1, -0.05) is 23.7 Å². The SMILES string of the molecule is CC1OC(C(C)C(=O)Nc2ccccc2Cl)O1. The van der Waals surface area contributed by atoms with Crippen molar-refractivity contribution in [3.05, 3.63) is 29.3 Å². The molecule has 1 N–H and O–H groups in total. The number of halogens is 1. The Bertz CT molecular complexity index is 418. The van der Waals surface area contributed by atoms with E-state index < -0.39 is 6.29 Å². The van der Waals surface area contributed by atoms with Crippen LogP contribution < -0.4 is 5.32 Å². The number of para-hydroxylation sites is 1. The zero-order valence-corrected chi connectivity index (χ0v) is 10.4. The van der Waals surface area contributed by atoms with Crippen molar-refractivity contribution < 1.29 is 14.3 Å². The predicted molar refractivity (Wildman–Crippen MR) is 64.7 cm³/mol. The Morgan fingerprint density at radius 1 is 1.41 bits per heavy atom. The number of hydrogen-bond donors (Lipinski definition) is 1. The van der Waals surface area contributed by atoms with Gasteiger partial charge in [-0.15, -0.1) is 0 Å². The lowest BCUT2D eigenvalue weighted by Gasteiger charge is -2.36. The minimum atomic E-state index is -0.465. The number of carbonyl (C=O) groups is 1. The minimum absolute atomic E-state index is 0.171. The lowest BCUT2D eigenvalue weighted by Crippen LogP contribution is -2.46. The summed E-state index contributed by atoms with van der Waals surface area (Å²) in [5.41, 5.74) is 0.596. The van der Waals surface area contributed by atoms with E-state index in [9.17, 15) is 4.79 Å². The fraction of sp³-hybridized carbons (Fsp3) is 0.417. The summed E-state index contributed by atoms with van der Waals surface area (Å²) in [4.78, 5) is 11.9. The van der Waals surface area contributed by atoms with E-state index in [1.54, 1.807) is 32.0 Å². The summed E-state index contributed by atoms with van der Waals surface area (Å²) in [6, 6.07) is 7.09. The van der Waals surface area contributed by atoms with Crippen LogP contribution in [-0.4, -0.2) is 18.5 Å². The van der Waals surface area contributed by atoms with Crippen LogP contribution in [0.5, 0.6) is 0 Å². The average Bonchev–Trinajstić information content (AvgIpc) is 2.27. The van der Waals surface area contributed by atoms with E-state index in [0.29, 0.717) is 10.7 Å². The van der Waals surface area contributed by atoms with Gasteiger partial charge in [0.15, 0.2) is 12.6 Å². The fourth-order valence-corrected chi connectivity index (χ4v) is 1.74. The van der Waals surface area contributed by atoms with Crippen LogP contribution in [-0.2, 0) is 14.3 Å². The molecule has 0 aliphatic carbocycles. The average molecular weight is 256 g/mol. The monoisotopic (exact) mass is 255 g/mol. The van der Waals surface area contributed by atoms with Crippen LogP contribution in [0.15, 0.2) is 24.3 Å². The predicted octanol–water partition coefficient (Wildman–Crippen LogP) is 2.63. The lowest BCUT2D eigenvalue weighted by atomic mass is 10.1. The van der Waals surface area contributed by atoms with Gasteiger partial charge in [0.05, 0.1) is 16.6 Å². The third-order valence-electron chi connectivity index (χ3n) is 2.61. The summed E-state index contributed by atoms with van der Waals surface area (Å²) < 4.78 is 10.5. The quantitative estimate of drug-likeness (QED) is 0.903. The molecule has 1 aromatic rings. The number of carbonyl (C=O) groups excluding carboxylic acids is 1. The van der Waals surface area contributed by atoms with Crippen LogP contribution in [0.2, 0.25) is 5.02 Å². The molecule has 0 saturated carbocycles. The van der Waals surface area contributed by atoms with E-state index >= 15 is 0 Å². The van der Waals surface area contributed by atoms with E-state index in [4.69, 9.17) is 21.1 Å². The number of hydrogen-bond acceptors (Lipinski definition) is 3. The van der Waals surface area contributed by atoms with Crippen molar-refractivity contribution in [2.75, 3.05) is 5.32 Å². The third kappa shape index (κ3) is 2.77. The third-order valence-corrected chi connectivity index (χ3v) is 2.93. The van der Waals surface area contributed by atoms with Crippen molar-refractivity contribution in [3.8, 4) is 0 Å². The Hall–Kier alpha value is -1.10. The normalized spacial score (nSPS) is 24.9. The van der Waals surface area contributed by atoms with Gasteiger partial charge in [0.25, 0.3) is 0 Å². The summed E-state index contributed by atoms with van der Waals surface area (Å²) in [6.07, 6.45) is -0.692. The van der Waals surface area contributed by atoms with Crippen molar-refractivity contribution in [2.24, 2.45) is 5.92 Å². The molecule has 1 heterocycles. The second kappa shape index (κ2) is 5.04. The Balaban J connectivity index is 1.95. The van der Waals surface area contributed by atoms with E-state index in [0.717, 1.165) is 0 Å². The summed E-state index contributed by atoms with van der Waals surface area (Å²) >= 11 is 5.95. The molecule has 1 aliphatic rings. The molecule has 0 spiro atoms. The molecule has 1 aliphatic heterocycles. The molecule has 1 saturated heterocycles. The van der Waals surface area contributed by atoms with Gasteiger partial charge in [-0.05, 0) is 26.0 Å². The molecule has 0 aromatic heterocycles. The molecule has 1 aromatic carbocycles. The Morgan fingerprint density at radius 3 is 2.65 bits per heavy atom. The smallest absolute Gasteiger partial charge is 0.232 e. The van der Waals surface area contributed by atoms with Gasteiger partial charge < -0.3 is 14.8 Å². The summed E-state index contributed by atoms with van der Waals surface area (Å²) in [7, 11) is 0. The van der Waals surface area contributed by atoms with E-state index in [-0.39, 0.29) is 18.1 Å². The van der Waals surface area contributed by atoms with Crippen molar-refractivity contribution in [2.45, 2.75) is 26.4 Å². The van der Waals surface area contributed by atoms with Crippen LogP contribution >= 0.6 is 11.6 Å². The first kappa shape index (κ1) is 12.4. The first-order chi connectivity index (χ1) is 8.08. The van der Waals surface area contributed by atoms with Crippen LogP contribution in [0.3, 0.4) is 0 Å². The fourth-order valence-electron chi connectivity index (χ4n) is 1.56. The van der Waals surface area contributed by atoms with Gasteiger partial charge in [0.1, 0.15) is 0 Å². The van der Waals surface area contributed by atoms with Gasteiger partial charge >= 0.3 is 0 Å². The molecule has 1 fully saturated rings. The number of benzene rings is 1. The zero-order chi connectivity index (χ0) is 12.4. The number of amides is 1.